The minimum Gasteiger partial charge on any atom is -0.493 e. The molecule has 0 fully saturated rings. The van der Waals surface area contributed by atoms with Gasteiger partial charge < -0.3 is 24.1 Å². The highest BCUT2D eigenvalue weighted by molar-refractivity contribution is 6.02. The van der Waals surface area contributed by atoms with Crippen LogP contribution in [0.5, 0.6) is 11.5 Å². The van der Waals surface area contributed by atoms with Gasteiger partial charge in [-0.3, -0.25) is 4.79 Å². The second kappa shape index (κ2) is 5.29. The number of nitrogens with one attached hydrogen (secondary N) is 1. The van der Waals surface area contributed by atoms with Gasteiger partial charge in [0.05, 0.1) is 25.5 Å². The maximum absolute atomic E-state index is 12.6. The van der Waals surface area contributed by atoms with Crippen LogP contribution < -0.4 is 14.8 Å². The Kier molecular flexibility index (Phi) is 3.44. The predicted molar refractivity (Wildman–Crippen MR) is 81.4 cm³/mol. The number of rotatable bonds is 3. The summed E-state index contributed by atoms with van der Waals surface area (Å²) in [6.45, 7) is 1.87. The van der Waals surface area contributed by atoms with Crippen LogP contribution in [0.25, 0.3) is 0 Å². The van der Waals surface area contributed by atoms with Gasteiger partial charge in [-0.1, -0.05) is 0 Å². The molecular formula is C16H18N2O4. The molecule has 3 rings (SSSR count). The Morgan fingerprint density at radius 3 is 2.45 bits per heavy atom. The molecule has 0 saturated carbocycles. The summed E-state index contributed by atoms with van der Waals surface area (Å²) in [5.41, 5.74) is 1.24. The first-order valence-corrected chi connectivity index (χ1v) is 6.91. The number of carbonyl (C=O) groups is 1. The summed E-state index contributed by atoms with van der Waals surface area (Å²) in [6.07, 6.45) is -0.355. The van der Waals surface area contributed by atoms with E-state index in [1.807, 2.05) is 19.1 Å². The van der Waals surface area contributed by atoms with Gasteiger partial charge in [-0.2, -0.15) is 0 Å². The summed E-state index contributed by atoms with van der Waals surface area (Å²) >= 11 is 0. The second-order valence-corrected chi connectivity index (χ2v) is 5.16. The lowest BCUT2D eigenvalue weighted by Crippen LogP contribution is -2.40. The third-order valence-corrected chi connectivity index (χ3v) is 3.78. The summed E-state index contributed by atoms with van der Waals surface area (Å²) < 4.78 is 16.2. The molecule has 1 aliphatic rings. The third kappa shape index (κ3) is 2.16. The van der Waals surface area contributed by atoms with Crippen molar-refractivity contribution in [1.29, 1.82) is 0 Å². The van der Waals surface area contributed by atoms with Gasteiger partial charge in [0, 0.05) is 13.1 Å². The molecule has 0 saturated heterocycles. The van der Waals surface area contributed by atoms with E-state index < -0.39 is 0 Å². The summed E-state index contributed by atoms with van der Waals surface area (Å²) in [5.74, 6) is 2.48. The molecule has 0 radical (unpaired) electrons. The van der Waals surface area contributed by atoms with Crippen LogP contribution in [-0.4, -0.2) is 32.1 Å². The minimum atomic E-state index is -0.355. The molecule has 2 aromatic rings. The highest BCUT2D eigenvalue weighted by Gasteiger charge is 2.33. The standard InChI is InChI=1S/C16H18N2O4/c1-9-5-6-12(22-9)15-17-11-8-14(21-4)13(20-3)7-10(11)16(19)18(15)2/h5-8,15,17H,1-4H3. The van der Waals surface area contributed by atoms with Crippen molar-refractivity contribution >= 4 is 11.6 Å². The normalized spacial score (nSPS) is 17.0. The highest BCUT2D eigenvalue weighted by Crippen LogP contribution is 2.39. The fourth-order valence-corrected chi connectivity index (χ4v) is 2.59. The fraction of sp³-hybridized carbons (Fsp3) is 0.312. The van der Waals surface area contributed by atoms with Crippen molar-refractivity contribution in [2.24, 2.45) is 0 Å². The van der Waals surface area contributed by atoms with Crippen LogP contribution in [0.2, 0.25) is 0 Å². The minimum absolute atomic E-state index is 0.103. The quantitative estimate of drug-likeness (QED) is 0.944. The van der Waals surface area contributed by atoms with Gasteiger partial charge >= 0.3 is 0 Å². The summed E-state index contributed by atoms with van der Waals surface area (Å²) in [7, 11) is 4.84. The van der Waals surface area contributed by atoms with Gasteiger partial charge in [-0.15, -0.1) is 0 Å². The number of anilines is 1. The molecule has 6 nitrogen and oxygen atoms in total. The molecule has 0 bridgehead atoms. The van der Waals surface area contributed by atoms with Crippen molar-refractivity contribution in [2.75, 3.05) is 26.6 Å². The van der Waals surface area contributed by atoms with Crippen molar-refractivity contribution < 1.29 is 18.7 Å². The Morgan fingerprint density at radius 1 is 1.18 bits per heavy atom. The molecule has 0 aliphatic carbocycles. The molecule has 116 valence electrons. The van der Waals surface area contributed by atoms with Crippen molar-refractivity contribution in [3.05, 3.63) is 41.3 Å². The molecule has 1 N–H and O–H groups in total. The van der Waals surface area contributed by atoms with E-state index in [0.717, 1.165) is 5.76 Å². The number of benzene rings is 1. The van der Waals surface area contributed by atoms with Crippen molar-refractivity contribution in [3.63, 3.8) is 0 Å². The van der Waals surface area contributed by atoms with Crippen LogP contribution in [0, 0.1) is 6.92 Å². The lowest BCUT2D eigenvalue weighted by atomic mass is 10.1. The first-order chi connectivity index (χ1) is 10.5. The molecule has 1 amide bonds. The van der Waals surface area contributed by atoms with E-state index in [-0.39, 0.29) is 12.1 Å². The summed E-state index contributed by atoms with van der Waals surface area (Å²) in [5, 5.41) is 3.31. The topological polar surface area (TPSA) is 63.9 Å². The van der Waals surface area contributed by atoms with E-state index in [2.05, 4.69) is 5.32 Å². The number of hydrogen-bond donors (Lipinski definition) is 1. The van der Waals surface area contributed by atoms with Gasteiger partial charge in [0.2, 0.25) is 0 Å². The van der Waals surface area contributed by atoms with Gasteiger partial charge in [-0.25, -0.2) is 0 Å². The van der Waals surface area contributed by atoms with Crippen molar-refractivity contribution in [3.8, 4) is 11.5 Å². The molecule has 1 unspecified atom stereocenters. The zero-order chi connectivity index (χ0) is 15.9. The van der Waals surface area contributed by atoms with E-state index >= 15 is 0 Å². The van der Waals surface area contributed by atoms with Gasteiger partial charge in [0.25, 0.3) is 5.91 Å². The van der Waals surface area contributed by atoms with Gasteiger partial charge in [-0.05, 0) is 25.1 Å². The number of carbonyl (C=O) groups excluding carboxylic acids is 1. The Balaban J connectivity index is 2.05. The Hall–Kier alpha value is -2.63. The number of furan rings is 1. The lowest BCUT2D eigenvalue weighted by molar-refractivity contribution is 0.0717. The molecule has 22 heavy (non-hydrogen) atoms. The van der Waals surface area contributed by atoms with E-state index in [1.165, 1.54) is 0 Å². The van der Waals surface area contributed by atoms with Crippen molar-refractivity contribution in [1.82, 2.24) is 4.90 Å². The molecule has 1 aromatic heterocycles. The van der Waals surface area contributed by atoms with Gasteiger partial charge in [0.1, 0.15) is 11.5 Å². The Morgan fingerprint density at radius 2 is 1.86 bits per heavy atom. The summed E-state index contributed by atoms with van der Waals surface area (Å²) in [6, 6.07) is 7.19. The van der Waals surface area contributed by atoms with Crippen LogP contribution >= 0.6 is 0 Å². The van der Waals surface area contributed by atoms with E-state index in [0.29, 0.717) is 28.5 Å². The van der Waals surface area contributed by atoms with E-state index in [4.69, 9.17) is 13.9 Å². The molecule has 6 heteroatoms. The van der Waals surface area contributed by atoms with Crippen molar-refractivity contribution in [2.45, 2.75) is 13.1 Å². The predicted octanol–water partition coefficient (Wildman–Crippen LogP) is 2.80. The smallest absolute Gasteiger partial charge is 0.257 e. The maximum atomic E-state index is 12.6. The van der Waals surface area contributed by atoms with E-state index in [9.17, 15) is 4.79 Å². The maximum Gasteiger partial charge on any atom is 0.257 e. The monoisotopic (exact) mass is 302 g/mol. The highest BCUT2D eigenvalue weighted by atomic mass is 16.5. The Bertz CT molecular complexity index is 723. The summed E-state index contributed by atoms with van der Waals surface area (Å²) in [4.78, 5) is 14.2. The molecule has 1 aliphatic heterocycles. The number of hydrogen-bond acceptors (Lipinski definition) is 5. The number of aryl methyl sites for hydroxylation is 1. The van der Waals surface area contributed by atoms with Crippen LogP contribution in [0.1, 0.15) is 28.0 Å². The van der Waals surface area contributed by atoms with Crippen LogP contribution in [-0.2, 0) is 0 Å². The lowest BCUT2D eigenvalue weighted by Gasteiger charge is -2.34. The number of ether oxygens (including phenoxy) is 2. The zero-order valence-electron chi connectivity index (χ0n) is 13.0. The molecule has 0 spiro atoms. The number of amides is 1. The van der Waals surface area contributed by atoms with Crippen LogP contribution in [0.3, 0.4) is 0 Å². The third-order valence-electron chi connectivity index (χ3n) is 3.78. The first-order valence-electron chi connectivity index (χ1n) is 6.91. The zero-order valence-corrected chi connectivity index (χ0v) is 13.0. The van der Waals surface area contributed by atoms with Gasteiger partial charge in [0.15, 0.2) is 17.7 Å². The van der Waals surface area contributed by atoms with Crippen LogP contribution in [0.4, 0.5) is 5.69 Å². The largest absolute Gasteiger partial charge is 0.493 e. The van der Waals surface area contributed by atoms with Crippen LogP contribution in [0.15, 0.2) is 28.7 Å². The number of nitrogens with zero attached hydrogens (tertiary/aromatic N) is 1. The molecule has 2 heterocycles. The molecule has 1 atom stereocenters. The second-order valence-electron chi connectivity index (χ2n) is 5.16. The molecular weight excluding hydrogens is 284 g/mol. The number of fused-ring (bicyclic) bond motifs is 1. The average Bonchev–Trinajstić information content (AvgIpc) is 2.95. The average molecular weight is 302 g/mol. The molecule has 1 aromatic carbocycles. The fourth-order valence-electron chi connectivity index (χ4n) is 2.59. The Labute approximate surface area is 128 Å². The van der Waals surface area contributed by atoms with E-state index in [1.54, 1.807) is 38.3 Å². The number of methoxy groups -OCH3 is 2. The first kappa shape index (κ1) is 14.3. The SMILES string of the molecule is COc1cc2c(cc1OC)C(=O)N(C)C(c1ccc(C)o1)N2.